The minimum atomic E-state index is -1.47. The van der Waals surface area contributed by atoms with Crippen LogP contribution in [-0.2, 0) is 21.4 Å². The number of nitrogens with one attached hydrogen (secondary N) is 1. The van der Waals surface area contributed by atoms with Crippen molar-refractivity contribution in [3.63, 3.8) is 0 Å². The largest absolute Gasteiger partial charge is 1.00 e. The minimum Gasteiger partial charge on any atom is -0.543 e. The second-order valence-electron chi connectivity index (χ2n) is 6.63. The molecule has 4 rings (SSSR count). The summed E-state index contributed by atoms with van der Waals surface area (Å²) in [7, 11) is 1.76. The number of thiazole rings is 1. The third-order valence-corrected chi connectivity index (χ3v) is 7.79. The first-order valence-electron chi connectivity index (χ1n) is 8.91. The summed E-state index contributed by atoms with van der Waals surface area (Å²) in [6.45, 7) is 0. The maximum Gasteiger partial charge on any atom is 1.00 e. The Labute approximate surface area is 221 Å². The molecule has 0 bridgehead atoms. The Morgan fingerprint density at radius 3 is 2.82 bits per heavy atom. The molecule has 13 nitrogen and oxygen atoms in total. The summed E-state index contributed by atoms with van der Waals surface area (Å²) in [5.41, 5.74) is 5.50. The minimum absolute atomic E-state index is 0. The predicted molar refractivity (Wildman–Crippen MR) is 114 cm³/mol. The van der Waals surface area contributed by atoms with Crippen molar-refractivity contribution in [1.29, 1.82) is 0 Å². The number of amides is 2. The first kappa shape index (κ1) is 25.5. The normalized spacial score (nSPS) is 20.1. The van der Waals surface area contributed by atoms with E-state index >= 15 is 0 Å². The third kappa shape index (κ3) is 4.90. The Bertz CT molecular complexity index is 1160. The van der Waals surface area contributed by atoms with Crippen LogP contribution in [0.15, 0.2) is 33.3 Å². The molecule has 1 saturated heterocycles. The van der Waals surface area contributed by atoms with Gasteiger partial charge in [-0.05, 0) is 5.57 Å². The van der Waals surface area contributed by atoms with Crippen molar-refractivity contribution in [2.24, 2.45) is 12.2 Å². The number of carbonyl (C=O) groups excluding carboxylic acids is 3. The summed E-state index contributed by atoms with van der Waals surface area (Å²) in [4.78, 5) is 42.1. The van der Waals surface area contributed by atoms with E-state index in [1.807, 2.05) is 0 Å². The van der Waals surface area contributed by atoms with Gasteiger partial charge in [0.05, 0.1) is 11.7 Å². The number of nitrogen functional groups attached to an aromatic ring is 1. The number of aromatic nitrogens is 4. The molecule has 0 aromatic carbocycles. The first-order valence-corrected chi connectivity index (χ1v) is 11.8. The Hall–Kier alpha value is -2.11. The molecule has 168 valence electrons. The van der Waals surface area contributed by atoms with Gasteiger partial charge in [0.25, 0.3) is 11.8 Å². The number of anilines is 1. The van der Waals surface area contributed by atoms with Crippen LogP contribution in [0, 0.1) is 0 Å². The summed E-state index contributed by atoms with van der Waals surface area (Å²) in [5.74, 6) is -2.32. The molecular formula is C16H15N8NaO5S3. The number of carbonyl (C=O) groups is 3. The molecule has 2 aromatic heterocycles. The SMILES string of the molecule is Cn1cnnc1SCC1=C(C(=O)[O-])N2C(=O)C(NC(=O)C(=NO)c3csc(N)n3)[C@@H]2SC1.[Na+]. The number of oxime groups is 1. The molecule has 0 spiro atoms. The zero-order valence-electron chi connectivity index (χ0n) is 17.3. The van der Waals surface area contributed by atoms with Crippen LogP contribution >= 0.6 is 34.9 Å². The van der Waals surface area contributed by atoms with Crippen molar-refractivity contribution in [2.75, 3.05) is 17.2 Å². The number of nitrogens with two attached hydrogens (primary N) is 1. The zero-order chi connectivity index (χ0) is 23.0. The molecule has 1 unspecified atom stereocenters. The number of carboxylic acids is 1. The van der Waals surface area contributed by atoms with E-state index in [9.17, 15) is 24.7 Å². The average molecular weight is 519 g/mol. The van der Waals surface area contributed by atoms with Crippen molar-refractivity contribution in [2.45, 2.75) is 16.6 Å². The Kier molecular flexibility index (Phi) is 8.07. The van der Waals surface area contributed by atoms with Gasteiger partial charge in [-0.2, -0.15) is 0 Å². The number of carboxylic acid groups (broad SMARTS) is 1. The van der Waals surface area contributed by atoms with Gasteiger partial charge in [0.1, 0.15) is 23.4 Å². The van der Waals surface area contributed by atoms with Crippen LogP contribution < -0.4 is 45.7 Å². The van der Waals surface area contributed by atoms with E-state index in [1.54, 1.807) is 11.6 Å². The fraction of sp³-hybridized carbons (Fsp3) is 0.312. The number of aliphatic carboxylic acids is 1. The Morgan fingerprint density at radius 2 is 2.24 bits per heavy atom. The van der Waals surface area contributed by atoms with Gasteiger partial charge in [0, 0.05) is 23.9 Å². The number of fused-ring (bicyclic) bond motifs is 1. The predicted octanol–water partition coefficient (Wildman–Crippen LogP) is -4.77. The molecule has 2 atom stereocenters. The van der Waals surface area contributed by atoms with Crippen molar-refractivity contribution < 1.29 is 54.3 Å². The number of hydrogen-bond acceptors (Lipinski definition) is 13. The molecular weight excluding hydrogens is 503 g/mol. The van der Waals surface area contributed by atoms with Gasteiger partial charge in [0.2, 0.25) is 0 Å². The first-order chi connectivity index (χ1) is 15.3. The molecule has 33 heavy (non-hydrogen) atoms. The van der Waals surface area contributed by atoms with Crippen LogP contribution in [0.1, 0.15) is 5.69 Å². The fourth-order valence-corrected chi connectivity index (χ4v) is 6.08. The molecule has 2 aliphatic heterocycles. The van der Waals surface area contributed by atoms with Gasteiger partial charge >= 0.3 is 29.6 Å². The molecule has 4 heterocycles. The molecule has 0 aliphatic carbocycles. The summed E-state index contributed by atoms with van der Waals surface area (Å²) in [5, 5.41) is 35.8. The fourth-order valence-electron chi connectivity index (χ4n) is 3.16. The smallest absolute Gasteiger partial charge is 0.543 e. The van der Waals surface area contributed by atoms with Gasteiger partial charge in [-0.3, -0.25) is 14.5 Å². The molecule has 0 saturated carbocycles. The number of nitrogens with zero attached hydrogens (tertiary/aromatic N) is 6. The van der Waals surface area contributed by atoms with Crippen LogP contribution in [0.25, 0.3) is 0 Å². The van der Waals surface area contributed by atoms with E-state index in [4.69, 9.17) is 5.73 Å². The molecule has 17 heteroatoms. The van der Waals surface area contributed by atoms with Gasteiger partial charge in [-0.25, -0.2) is 4.98 Å². The zero-order valence-corrected chi connectivity index (χ0v) is 21.7. The van der Waals surface area contributed by atoms with Crippen LogP contribution in [0.4, 0.5) is 5.13 Å². The van der Waals surface area contributed by atoms with E-state index in [1.165, 1.54) is 35.2 Å². The van der Waals surface area contributed by atoms with Crippen LogP contribution in [0.5, 0.6) is 0 Å². The van der Waals surface area contributed by atoms with Gasteiger partial charge in [-0.15, -0.1) is 33.3 Å². The maximum atomic E-state index is 12.7. The Balaban J connectivity index is 0.00000306. The second kappa shape index (κ2) is 10.4. The Morgan fingerprint density at radius 1 is 1.48 bits per heavy atom. The van der Waals surface area contributed by atoms with Crippen LogP contribution in [0.3, 0.4) is 0 Å². The van der Waals surface area contributed by atoms with Crippen molar-refractivity contribution >= 4 is 63.5 Å². The summed E-state index contributed by atoms with van der Waals surface area (Å²) in [6.07, 6.45) is 1.53. The van der Waals surface area contributed by atoms with Crippen LogP contribution in [-0.4, -0.2) is 76.3 Å². The summed E-state index contributed by atoms with van der Waals surface area (Å²) >= 11 is 3.65. The quantitative estimate of drug-likeness (QED) is 0.0796. The van der Waals surface area contributed by atoms with Crippen molar-refractivity contribution in [3.05, 3.63) is 28.7 Å². The van der Waals surface area contributed by atoms with Gasteiger partial charge in [-0.1, -0.05) is 16.9 Å². The number of hydrogen-bond donors (Lipinski definition) is 3. The number of thioether (sulfide) groups is 2. The van der Waals surface area contributed by atoms with E-state index in [2.05, 4.69) is 25.7 Å². The second-order valence-corrected chi connectivity index (χ2v) is 9.57. The summed E-state index contributed by atoms with van der Waals surface area (Å²) in [6, 6.07) is -0.998. The maximum absolute atomic E-state index is 12.7. The van der Waals surface area contributed by atoms with Crippen LogP contribution in [0.2, 0.25) is 0 Å². The monoisotopic (exact) mass is 518 g/mol. The number of rotatable bonds is 7. The molecule has 2 aliphatic rings. The molecule has 2 amide bonds. The number of β-lactam (4-membered cyclic amide) rings is 1. The molecule has 1 fully saturated rings. The summed E-state index contributed by atoms with van der Waals surface area (Å²) < 4.78 is 1.69. The van der Waals surface area contributed by atoms with Crippen molar-refractivity contribution in [3.8, 4) is 0 Å². The van der Waals surface area contributed by atoms with Gasteiger partial charge < -0.3 is 30.7 Å². The van der Waals surface area contributed by atoms with E-state index < -0.39 is 34.9 Å². The van der Waals surface area contributed by atoms with Crippen molar-refractivity contribution in [1.82, 2.24) is 30.0 Å². The van der Waals surface area contributed by atoms with Gasteiger partial charge in [0.15, 0.2) is 16.0 Å². The average Bonchev–Trinajstić information content (AvgIpc) is 3.37. The van der Waals surface area contributed by atoms with E-state index in [0.717, 1.165) is 16.2 Å². The standard InChI is InChI=1S/C16H16N8O5S3.Na/c1-23-5-18-21-16(23)32-3-6-2-30-13-9(12(26)24(13)10(6)14(27)28)20-11(25)8(22-29)7-4-31-15(17)19-7;/h4-5,9,13,29H,2-3H2,1H3,(H2,17,19)(H,20,25)(H,27,28);/q;+1/p-1/t9?,13-;/m0./s1. The third-order valence-electron chi connectivity index (χ3n) is 4.65. The number of aryl methyl sites for hydroxylation is 1. The topological polar surface area (TPSA) is 192 Å². The van der Waals surface area contributed by atoms with E-state index in [-0.39, 0.29) is 51.8 Å². The molecule has 0 radical (unpaired) electrons. The van der Waals surface area contributed by atoms with E-state index in [0.29, 0.717) is 16.5 Å². The molecule has 4 N–H and O–H groups in total. The molecule has 2 aromatic rings.